The maximum Gasteiger partial charge on any atom is 0.159 e. The second kappa shape index (κ2) is 7.78. The molecule has 1 aromatic heterocycles. The first kappa shape index (κ1) is 17.6. The van der Waals surface area contributed by atoms with Gasteiger partial charge in [-0.1, -0.05) is 30.3 Å². The molecule has 0 aliphatic heterocycles. The average Bonchev–Trinajstić information content (AvgIpc) is 2.62. The summed E-state index contributed by atoms with van der Waals surface area (Å²) in [6.45, 7) is 5.52. The van der Waals surface area contributed by atoms with Crippen LogP contribution in [0.15, 0.2) is 60.7 Å². The van der Waals surface area contributed by atoms with Gasteiger partial charge in [0, 0.05) is 23.4 Å². The molecule has 1 atom stereocenters. The Kier molecular flexibility index (Phi) is 5.27. The molecule has 0 saturated heterocycles. The molecular weight excluding hydrogens is 324 g/mol. The third-order valence-electron chi connectivity index (χ3n) is 4.07. The Morgan fingerprint density at radius 3 is 2.27 bits per heavy atom. The highest BCUT2D eigenvalue weighted by molar-refractivity contribution is 5.94. The number of rotatable bonds is 6. The van der Waals surface area contributed by atoms with Gasteiger partial charge in [-0.25, -0.2) is 9.97 Å². The van der Waals surface area contributed by atoms with Crippen LogP contribution in [0, 0.1) is 6.92 Å². The minimum atomic E-state index is 0.0517. The topological polar surface area (TPSA) is 66.9 Å². The first-order valence-corrected chi connectivity index (χ1v) is 8.56. The summed E-state index contributed by atoms with van der Waals surface area (Å²) in [6.07, 6.45) is 0. The molecule has 0 aliphatic carbocycles. The van der Waals surface area contributed by atoms with Crippen LogP contribution in [0.4, 0.5) is 17.3 Å². The van der Waals surface area contributed by atoms with Gasteiger partial charge in [0.2, 0.25) is 0 Å². The fourth-order valence-electron chi connectivity index (χ4n) is 2.69. The number of hydrogen-bond donors (Lipinski definition) is 2. The summed E-state index contributed by atoms with van der Waals surface area (Å²) in [5.41, 5.74) is 2.75. The lowest BCUT2D eigenvalue weighted by Gasteiger charge is -2.16. The van der Waals surface area contributed by atoms with E-state index in [1.54, 1.807) is 19.1 Å². The summed E-state index contributed by atoms with van der Waals surface area (Å²) in [4.78, 5) is 20.3. The van der Waals surface area contributed by atoms with Crippen molar-refractivity contribution in [2.24, 2.45) is 0 Å². The summed E-state index contributed by atoms with van der Waals surface area (Å²) in [7, 11) is 0. The van der Waals surface area contributed by atoms with E-state index < -0.39 is 0 Å². The molecule has 0 aliphatic rings. The van der Waals surface area contributed by atoms with Gasteiger partial charge in [-0.05, 0) is 50.6 Å². The Bertz CT molecular complexity index is 892. The van der Waals surface area contributed by atoms with Crippen LogP contribution in [0.3, 0.4) is 0 Å². The van der Waals surface area contributed by atoms with Crippen molar-refractivity contribution in [1.29, 1.82) is 0 Å². The lowest BCUT2D eigenvalue weighted by Crippen LogP contribution is -2.09. The van der Waals surface area contributed by atoms with Gasteiger partial charge in [0.1, 0.15) is 17.5 Å². The van der Waals surface area contributed by atoms with Crippen molar-refractivity contribution in [2.75, 3.05) is 10.6 Å². The highest BCUT2D eigenvalue weighted by Crippen LogP contribution is 2.22. The molecule has 1 heterocycles. The maximum absolute atomic E-state index is 11.4. The molecule has 0 radical (unpaired) electrons. The Morgan fingerprint density at radius 1 is 0.962 bits per heavy atom. The van der Waals surface area contributed by atoms with Crippen LogP contribution in [0.25, 0.3) is 0 Å². The largest absolute Gasteiger partial charge is 0.363 e. The van der Waals surface area contributed by atoms with Gasteiger partial charge in [-0.3, -0.25) is 4.79 Å². The summed E-state index contributed by atoms with van der Waals surface area (Å²) in [5, 5.41) is 6.68. The molecule has 0 saturated carbocycles. The van der Waals surface area contributed by atoms with Crippen molar-refractivity contribution in [3.63, 3.8) is 0 Å². The normalized spacial score (nSPS) is 11.7. The highest BCUT2D eigenvalue weighted by atomic mass is 16.1. The standard InChI is InChI=1S/C21H22N4O/c1-14(17-7-5-4-6-8-17)22-20-13-21(24-16(3)23-20)25-19-11-9-18(10-12-19)15(2)26/h4-14H,1-3H3,(H2,22,23,24,25). The molecule has 3 aromatic rings. The number of aryl methyl sites for hydroxylation is 1. The van der Waals surface area contributed by atoms with Gasteiger partial charge in [-0.15, -0.1) is 0 Å². The van der Waals surface area contributed by atoms with E-state index in [-0.39, 0.29) is 11.8 Å². The molecule has 132 valence electrons. The maximum atomic E-state index is 11.4. The van der Waals surface area contributed by atoms with Gasteiger partial charge in [-0.2, -0.15) is 0 Å². The third-order valence-corrected chi connectivity index (χ3v) is 4.07. The van der Waals surface area contributed by atoms with Gasteiger partial charge in [0.15, 0.2) is 5.78 Å². The molecule has 3 rings (SSSR count). The van der Waals surface area contributed by atoms with Gasteiger partial charge in [0.25, 0.3) is 0 Å². The number of nitrogens with one attached hydrogen (secondary N) is 2. The van der Waals surface area contributed by atoms with E-state index in [0.717, 1.165) is 11.5 Å². The predicted octanol–water partition coefficient (Wildman–Crippen LogP) is 4.90. The van der Waals surface area contributed by atoms with E-state index in [4.69, 9.17) is 0 Å². The number of benzene rings is 2. The van der Waals surface area contributed by atoms with Crippen LogP contribution in [-0.4, -0.2) is 15.8 Å². The highest BCUT2D eigenvalue weighted by Gasteiger charge is 2.08. The number of anilines is 3. The molecule has 1 unspecified atom stereocenters. The Hall–Kier alpha value is -3.21. The van der Waals surface area contributed by atoms with Crippen molar-refractivity contribution in [3.8, 4) is 0 Å². The third kappa shape index (κ3) is 4.45. The second-order valence-corrected chi connectivity index (χ2v) is 6.22. The average molecular weight is 346 g/mol. The van der Waals surface area contributed by atoms with E-state index in [2.05, 4.69) is 39.7 Å². The number of Topliss-reactive ketones (excluding diaryl/α,β-unsaturated/α-hetero) is 1. The first-order chi connectivity index (χ1) is 12.5. The lowest BCUT2D eigenvalue weighted by molar-refractivity contribution is 0.101. The summed E-state index contributed by atoms with van der Waals surface area (Å²) in [5.74, 6) is 2.20. The molecule has 0 fully saturated rings. The molecule has 5 heteroatoms. The van der Waals surface area contributed by atoms with Gasteiger partial charge in [0.05, 0.1) is 0 Å². The number of carbonyl (C=O) groups excluding carboxylic acids is 1. The fourth-order valence-corrected chi connectivity index (χ4v) is 2.69. The van der Waals surface area contributed by atoms with Gasteiger partial charge >= 0.3 is 0 Å². The van der Waals surface area contributed by atoms with Crippen molar-refractivity contribution < 1.29 is 4.79 Å². The van der Waals surface area contributed by atoms with Crippen LogP contribution in [-0.2, 0) is 0 Å². The molecule has 26 heavy (non-hydrogen) atoms. The van der Waals surface area contributed by atoms with Crippen LogP contribution < -0.4 is 10.6 Å². The molecule has 0 amide bonds. The molecule has 0 spiro atoms. The second-order valence-electron chi connectivity index (χ2n) is 6.22. The summed E-state index contributed by atoms with van der Waals surface area (Å²) in [6, 6.07) is 19.6. The Balaban J connectivity index is 1.76. The number of carbonyl (C=O) groups is 1. The van der Waals surface area contributed by atoms with E-state index in [9.17, 15) is 4.79 Å². The van der Waals surface area contributed by atoms with E-state index in [0.29, 0.717) is 17.2 Å². The zero-order valence-electron chi connectivity index (χ0n) is 15.2. The van der Waals surface area contributed by atoms with Crippen molar-refractivity contribution in [3.05, 3.63) is 77.6 Å². The van der Waals surface area contributed by atoms with Crippen LogP contribution in [0.1, 0.15) is 41.6 Å². The molecular formula is C21H22N4O. The van der Waals surface area contributed by atoms with E-state index in [1.165, 1.54) is 5.56 Å². The van der Waals surface area contributed by atoms with Gasteiger partial charge < -0.3 is 10.6 Å². The van der Waals surface area contributed by atoms with Crippen molar-refractivity contribution in [2.45, 2.75) is 26.8 Å². The quantitative estimate of drug-likeness (QED) is 0.621. The predicted molar refractivity (Wildman–Crippen MR) is 105 cm³/mol. The Morgan fingerprint density at radius 2 is 1.62 bits per heavy atom. The summed E-state index contributed by atoms with van der Waals surface area (Å²) < 4.78 is 0. The summed E-state index contributed by atoms with van der Waals surface area (Å²) >= 11 is 0. The lowest BCUT2D eigenvalue weighted by atomic mass is 10.1. The molecule has 0 bridgehead atoms. The number of nitrogens with zero attached hydrogens (tertiary/aromatic N) is 2. The van der Waals surface area contributed by atoms with Crippen molar-refractivity contribution in [1.82, 2.24) is 9.97 Å². The molecule has 2 N–H and O–H groups in total. The smallest absolute Gasteiger partial charge is 0.159 e. The van der Waals surface area contributed by atoms with Crippen LogP contribution in [0.2, 0.25) is 0 Å². The minimum Gasteiger partial charge on any atom is -0.363 e. The zero-order chi connectivity index (χ0) is 18.5. The SMILES string of the molecule is CC(=O)c1ccc(Nc2cc(NC(C)c3ccccc3)nc(C)n2)cc1. The van der Waals surface area contributed by atoms with E-state index in [1.807, 2.05) is 43.3 Å². The number of aromatic nitrogens is 2. The van der Waals surface area contributed by atoms with Crippen molar-refractivity contribution >= 4 is 23.1 Å². The molecule has 5 nitrogen and oxygen atoms in total. The Labute approximate surface area is 153 Å². The zero-order valence-corrected chi connectivity index (χ0v) is 15.2. The fraction of sp³-hybridized carbons (Fsp3) is 0.190. The van der Waals surface area contributed by atoms with Crippen LogP contribution >= 0.6 is 0 Å². The minimum absolute atomic E-state index is 0.0517. The van der Waals surface area contributed by atoms with E-state index >= 15 is 0 Å². The first-order valence-electron chi connectivity index (χ1n) is 8.56. The monoisotopic (exact) mass is 346 g/mol. The number of hydrogen-bond acceptors (Lipinski definition) is 5. The molecule has 2 aromatic carbocycles. The number of ketones is 1. The van der Waals surface area contributed by atoms with Crippen LogP contribution in [0.5, 0.6) is 0 Å².